The van der Waals surface area contributed by atoms with Gasteiger partial charge in [0.2, 0.25) is 0 Å². The highest BCUT2D eigenvalue weighted by molar-refractivity contribution is 7.46. The van der Waals surface area contributed by atoms with E-state index in [1.165, 1.54) is 12.1 Å². The van der Waals surface area contributed by atoms with Crippen LogP contribution in [0.25, 0.3) is 6.08 Å². The summed E-state index contributed by atoms with van der Waals surface area (Å²) in [5.74, 6) is -2.30. The third-order valence-electron chi connectivity index (χ3n) is 2.78. The number of phosphoric ester groups is 2. The first kappa shape index (κ1) is 23.8. The highest BCUT2D eigenvalue weighted by Gasteiger charge is 2.26. The zero-order valence-corrected chi connectivity index (χ0v) is 15.6. The van der Waals surface area contributed by atoms with E-state index in [0.29, 0.717) is 0 Å². The predicted octanol–water partition coefficient (Wildman–Crippen LogP) is 0.135. The van der Waals surface area contributed by atoms with Gasteiger partial charge in [0.25, 0.3) is 0 Å². The summed E-state index contributed by atoms with van der Waals surface area (Å²) in [5.41, 5.74) is -0.513. The lowest BCUT2D eigenvalue weighted by molar-refractivity contribution is -0.147. The molecule has 0 aliphatic carbocycles. The molecule has 1 aromatic carbocycles. The topological polar surface area (TPSA) is 224 Å². The van der Waals surface area contributed by atoms with Crippen molar-refractivity contribution >= 4 is 27.7 Å². The quantitative estimate of drug-likeness (QED) is 0.0991. The van der Waals surface area contributed by atoms with Crippen molar-refractivity contribution in [3.05, 3.63) is 29.3 Å². The van der Waals surface area contributed by atoms with Gasteiger partial charge < -0.3 is 34.5 Å². The maximum atomic E-state index is 12.1. The van der Waals surface area contributed by atoms with Gasteiger partial charge in [-0.1, -0.05) is 6.07 Å². The normalized spacial score (nSPS) is 12.6. The minimum Gasteiger partial charge on any atom is -0.504 e. The summed E-state index contributed by atoms with van der Waals surface area (Å²) in [7, 11) is -9.99. The van der Waals surface area contributed by atoms with Crippen LogP contribution < -0.4 is 0 Å². The second kappa shape index (κ2) is 9.79. The van der Waals surface area contributed by atoms with Crippen molar-refractivity contribution in [3.8, 4) is 17.6 Å². The molecule has 1 aromatic rings. The van der Waals surface area contributed by atoms with Gasteiger partial charge in [-0.3, -0.25) is 9.05 Å². The molecule has 0 saturated carbocycles. The molecule has 0 unspecified atom stereocenters. The molecule has 0 aliphatic heterocycles. The third kappa shape index (κ3) is 9.09. The Morgan fingerprint density at radius 3 is 2.04 bits per heavy atom. The van der Waals surface area contributed by atoms with E-state index < -0.39 is 58.0 Å². The van der Waals surface area contributed by atoms with Crippen molar-refractivity contribution in [2.75, 3.05) is 13.2 Å². The lowest BCUT2D eigenvalue weighted by atomic mass is 10.1. The largest absolute Gasteiger partial charge is 0.504 e. The number of phosphoric acid groups is 2. The number of hydrogen-bond donors (Lipinski definition) is 6. The number of ether oxygens (including phenoxy) is 1. The highest BCUT2D eigenvalue weighted by atomic mass is 31.2. The molecule has 154 valence electrons. The van der Waals surface area contributed by atoms with Crippen molar-refractivity contribution < 1.29 is 57.5 Å². The second-order valence-electron chi connectivity index (χ2n) is 5.02. The van der Waals surface area contributed by atoms with Gasteiger partial charge in [0.1, 0.15) is 17.7 Å². The van der Waals surface area contributed by atoms with Crippen LogP contribution in [0.3, 0.4) is 0 Å². The van der Waals surface area contributed by atoms with Crippen LogP contribution in [0.15, 0.2) is 23.8 Å². The number of nitrogens with zero attached hydrogens (tertiary/aromatic N) is 1. The van der Waals surface area contributed by atoms with Crippen molar-refractivity contribution in [1.82, 2.24) is 0 Å². The minimum absolute atomic E-state index is 0.123. The number of hydrogen-bond acceptors (Lipinski definition) is 9. The van der Waals surface area contributed by atoms with Gasteiger partial charge in [-0.25, -0.2) is 13.9 Å². The number of carbonyl (C=O) groups excluding carboxylic acids is 1. The van der Waals surface area contributed by atoms with Crippen LogP contribution in [0.2, 0.25) is 0 Å². The molecule has 28 heavy (non-hydrogen) atoms. The Hall–Kier alpha value is -2.26. The molecule has 0 spiro atoms. The van der Waals surface area contributed by atoms with Gasteiger partial charge in [-0.2, -0.15) is 5.26 Å². The Morgan fingerprint density at radius 1 is 1.07 bits per heavy atom. The molecule has 0 aliphatic rings. The van der Waals surface area contributed by atoms with Gasteiger partial charge in [0.15, 0.2) is 11.5 Å². The molecule has 0 heterocycles. The van der Waals surface area contributed by atoms with Crippen LogP contribution in [0.4, 0.5) is 0 Å². The van der Waals surface area contributed by atoms with E-state index in [4.69, 9.17) is 29.6 Å². The maximum Gasteiger partial charge on any atom is 0.469 e. The number of carbonyl (C=O) groups is 1. The Morgan fingerprint density at radius 2 is 1.61 bits per heavy atom. The Bertz CT molecular complexity index is 854. The number of rotatable bonds is 9. The molecule has 1 rings (SSSR count). The van der Waals surface area contributed by atoms with E-state index >= 15 is 0 Å². The molecule has 0 radical (unpaired) electrons. The summed E-state index contributed by atoms with van der Waals surface area (Å²) in [6.07, 6.45) is -0.718. The van der Waals surface area contributed by atoms with Crippen molar-refractivity contribution in [2.45, 2.75) is 6.10 Å². The summed E-state index contributed by atoms with van der Waals surface area (Å²) < 4.78 is 34.5. The predicted molar refractivity (Wildman–Crippen MR) is 89.2 cm³/mol. The molecule has 15 heteroatoms. The molecule has 13 nitrogen and oxygen atoms in total. The van der Waals surface area contributed by atoms with Gasteiger partial charge in [-0.15, -0.1) is 0 Å². The lowest BCUT2D eigenvalue weighted by Gasteiger charge is -2.18. The molecular formula is C13H15NO12P2. The number of aromatic hydroxyl groups is 2. The zero-order chi connectivity index (χ0) is 21.5. The van der Waals surface area contributed by atoms with Gasteiger partial charge in [0, 0.05) is 0 Å². The fraction of sp³-hybridized carbons (Fsp3) is 0.231. The van der Waals surface area contributed by atoms with Crippen molar-refractivity contribution in [2.24, 2.45) is 0 Å². The number of nitriles is 1. The molecule has 0 amide bonds. The molecule has 6 N–H and O–H groups in total. The number of phenols is 2. The van der Waals surface area contributed by atoms with Crippen LogP contribution >= 0.6 is 15.6 Å². The summed E-state index contributed by atoms with van der Waals surface area (Å²) in [4.78, 5) is 46.8. The van der Waals surface area contributed by atoms with Crippen LogP contribution in [0, 0.1) is 11.3 Å². The van der Waals surface area contributed by atoms with Crippen LogP contribution in [0.5, 0.6) is 11.5 Å². The van der Waals surface area contributed by atoms with E-state index in [-0.39, 0.29) is 5.56 Å². The Balaban J connectivity index is 2.96. The van der Waals surface area contributed by atoms with E-state index in [1.54, 1.807) is 0 Å². The van der Waals surface area contributed by atoms with Crippen molar-refractivity contribution in [3.63, 3.8) is 0 Å². The average Bonchev–Trinajstić information content (AvgIpc) is 2.56. The summed E-state index contributed by atoms with van der Waals surface area (Å²) in [6.45, 7) is -1.98. The smallest absolute Gasteiger partial charge is 0.469 e. The minimum atomic E-state index is -5.00. The summed E-state index contributed by atoms with van der Waals surface area (Å²) in [6, 6.07) is 4.87. The molecule has 0 bridgehead atoms. The Labute approximate surface area is 157 Å². The summed E-state index contributed by atoms with van der Waals surface area (Å²) >= 11 is 0. The second-order valence-corrected chi connectivity index (χ2v) is 7.50. The first-order valence-electron chi connectivity index (χ1n) is 7.05. The molecule has 0 aromatic heterocycles. The fourth-order valence-corrected chi connectivity index (χ4v) is 2.35. The van der Waals surface area contributed by atoms with E-state index in [2.05, 4.69) is 9.05 Å². The van der Waals surface area contributed by atoms with E-state index in [0.717, 1.165) is 18.2 Å². The van der Waals surface area contributed by atoms with Crippen LogP contribution in [-0.4, -0.2) is 55.1 Å². The van der Waals surface area contributed by atoms with Crippen LogP contribution in [-0.2, 0) is 27.7 Å². The number of phenolic OH excluding ortho intramolecular Hbond substituents is 2. The SMILES string of the molecule is N#C/C(=C\c1ccc(O)c(O)c1)C(=O)OC(COP(=O)(O)O)COP(=O)(O)O. The third-order valence-corrected chi connectivity index (χ3v) is 3.75. The molecule has 0 fully saturated rings. The molecule has 0 atom stereocenters. The first-order valence-corrected chi connectivity index (χ1v) is 10.1. The highest BCUT2D eigenvalue weighted by Crippen LogP contribution is 2.38. The fourth-order valence-electron chi connectivity index (χ4n) is 1.63. The lowest BCUT2D eigenvalue weighted by Crippen LogP contribution is -2.28. The van der Waals surface area contributed by atoms with Gasteiger partial charge >= 0.3 is 21.6 Å². The standard InChI is InChI=1S/C13H15NO12P2/c14-5-9(3-8-1-2-11(15)12(16)4-8)13(17)26-10(6-24-27(18,19)20)7-25-28(21,22)23/h1-4,10,15-16H,6-7H2,(H2,18,19,20)(H2,21,22,23)/b9-3+. The average molecular weight is 439 g/mol. The van der Waals surface area contributed by atoms with Crippen LogP contribution in [0.1, 0.15) is 5.56 Å². The Kier molecular flexibility index (Phi) is 8.31. The zero-order valence-electron chi connectivity index (χ0n) is 13.8. The van der Waals surface area contributed by atoms with E-state index in [9.17, 15) is 24.1 Å². The number of benzene rings is 1. The maximum absolute atomic E-state index is 12.1. The van der Waals surface area contributed by atoms with E-state index in [1.807, 2.05) is 0 Å². The summed E-state index contributed by atoms with van der Waals surface area (Å²) in [5, 5.41) is 27.7. The van der Waals surface area contributed by atoms with Gasteiger partial charge in [-0.05, 0) is 23.8 Å². The molecular weight excluding hydrogens is 424 g/mol. The molecule has 0 saturated heterocycles. The monoisotopic (exact) mass is 439 g/mol. The number of esters is 1. The first-order chi connectivity index (χ1) is 12.8. The van der Waals surface area contributed by atoms with Crippen molar-refractivity contribution in [1.29, 1.82) is 5.26 Å². The van der Waals surface area contributed by atoms with Gasteiger partial charge in [0.05, 0.1) is 13.2 Å².